The summed E-state index contributed by atoms with van der Waals surface area (Å²) in [5, 5.41) is 3.12. The third-order valence-corrected chi connectivity index (χ3v) is 5.18. The lowest BCUT2D eigenvalue weighted by atomic mass is 10.1. The fourth-order valence-electron chi connectivity index (χ4n) is 3.54. The van der Waals surface area contributed by atoms with Crippen molar-refractivity contribution in [1.82, 2.24) is 4.90 Å². The summed E-state index contributed by atoms with van der Waals surface area (Å²) in [6, 6.07) is 14.3. The Labute approximate surface area is 161 Å². The van der Waals surface area contributed by atoms with Crippen LogP contribution in [-0.2, 0) is 11.2 Å². The van der Waals surface area contributed by atoms with Crippen molar-refractivity contribution < 1.29 is 9.53 Å². The van der Waals surface area contributed by atoms with Crippen LogP contribution in [0.2, 0.25) is 0 Å². The van der Waals surface area contributed by atoms with E-state index in [9.17, 15) is 4.79 Å². The number of piperazine rings is 1. The molecule has 3 rings (SSSR count). The first-order valence-corrected chi connectivity index (χ1v) is 9.60. The minimum atomic E-state index is 0.0666. The van der Waals surface area contributed by atoms with Crippen molar-refractivity contribution in [3.8, 4) is 5.75 Å². The average Bonchev–Trinajstić information content (AvgIpc) is 2.70. The zero-order chi connectivity index (χ0) is 19.2. The monoisotopic (exact) mass is 367 g/mol. The fourth-order valence-corrected chi connectivity index (χ4v) is 3.54. The zero-order valence-corrected chi connectivity index (χ0v) is 16.5. The Balaban J connectivity index is 1.52. The number of aryl methyl sites for hydroxylation is 2. The van der Waals surface area contributed by atoms with Gasteiger partial charge in [-0.05, 0) is 48.7 Å². The van der Waals surface area contributed by atoms with Gasteiger partial charge in [-0.25, -0.2) is 0 Å². The third kappa shape index (κ3) is 4.80. The summed E-state index contributed by atoms with van der Waals surface area (Å²) >= 11 is 0. The van der Waals surface area contributed by atoms with Gasteiger partial charge >= 0.3 is 0 Å². The topological polar surface area (TPSA) is 44.8 Å². The van der Waals surface area contributed by atoms with E-state index in [1.165, 1.54) is 11.3 Å². The number of anilines is 2. The van der Waals surface area contributed by atoms with E-state index in [0.717, 1.165) is 49.6 Å². The summed E-state index contributed by atoms with van der Waals surface area (Å²) in [6.45, 7) is 8.20. The van der Waals surface area contributed by atoms with Gasteiger partial charge in [0.25, 0.3) is 0 Å². The van der Waals surface area contributed by atoms with Gasteiger partial charge < -0.3 is 15.0 Å². The number of rotatable bonds is 6. The Hall–Kier alpha value is -2.53. The summed E-state index contributed by atoms with van der Waals surface area (Å²) in [5.74, 6) is 0.939. The highest BCUT2D eigenvalue weighted by atomic mass is 16.5. The van der Waals surface area contributed by atoms with E-state index in [1.807, 2.05) is 31.2 Å². The Morgan fingerprint density at radius 1 is 1.07 bits per heavy atom. The maximum absolute atomic E-state index is 12.5. The van der Waals surface area contributed by atoms with Crippen LogP contribution in [0.3, 0.4) is 0 Å². The molecule has 1 aliphatic rings. The van der Waals surface area contributed by atoms with Crippen molar-refractivity contribution in [3.63, 3.8) is 0 Å². The van der Waals surface area contributed by atoms with Crippen molar-refractivity contribution >= 4 is 17.3 Å². The lowest BCUT2D eigenvalue weighted by molar-refractivity contribution is -0.117. The molecular formula is C22H29N3O2. The number of methoxy groups -OCH3 is 1. The molecule has 144 valence electrons. The molecule has 1 fully saturated rings. The lowest BCUT2D eigenvalue weighted by Crippen LogP contribution is -2.48. The van der Waals surface area contributed by atoms with E-state index >= 15 is 0 Å². The molecule has 0 aliphatic carbocycles. The summed E-state index contributed by atoms with van der Waals surface area (Å²) in [4.78, 5) is 17.1. The number of hydrogen-bond acceptors (Lipinski definition) is 4. The van der Waals surface area contributed by atoms with Crippen LogP contribution < -0.4 is 15.0 Å². The van der Waals surface area contributed by atoms with E-state index in [0.29, 0.717) is 6.54 Å². The SMILES string of the molecule is CCc1cccc(C)c1NC(=O)CN1CCN(c2ccc(OC)cc2)CC1. The van der Waals surface area contributed by atoms with Crippen LogP contribution >= 0.6 is 0 Å². The third-order valence-electron chi connectivity index (χ3n) is 5.18. The predicted octanol–water partition coefficient (Wildman–Crippen LogP) is 3.33. The number of ether oxygens (including phenoxy) is 1. The molecule has 5 heteroatoms. The standard InChI is InChI=1S/C22H29N3O2/c1-4-18-7-5-6-17(2)22(18)23-21(26)16-24-12-14-25(15-13-24)19-8-10-20(27-3)11-9-19/h5-11H,4,12-16H2,1-3H3,(H,23,26). The highest BCUT2D eigenvalue weighted by Gasteiger charge is 2.20. The molecule has 1 aliphatic heterocycles. The lowest BCUT2D eigenvalue weighted by Gasteiger charge is -2.35. The van der Waals surface area contributed by atoms with Gasteiger partial charge in [-0.2, -0.15) is 0 Å². The van der Waals surface area contributed by atoms with Crippen LogP contribution in [0, 0.1) is 6.92 Å². The van der Waals surface area contributed by atoms with Gasteiger partial charge in [0.1, 0.15) is 5.75 Å². The summed E-state index contributed by atoms with van der Waals surface area (Å²) in [5.41, 5.74) is 4.48. The predicted molar refractivity (Wildman–Crippen MR) is 111 cm³/mol. The van der Waals surface area contributed by atoms with Gasteiger partial charge in [0.15, 0.2) is 0 Å². The van der Waals surface area contributed by atoms with Crippen LogP contribution in [0.5, 0.6) is 5.75 Å². The number of amides is 1. The molecule has 0 unspecified atom stereocenters. The largest absolute Gasteiger partial charge is 0.497 e. The van der Waals surface area contributed by atoms with Crippen LogP contribution in [0.4, 0.5) is 11.4 Å². The number of carbonyl (C=O) groups is 1. The molecule has 0 radical (unpaired) electrons. The van der Waals surface area contributed by atoms with Crippen molar-refractivity contribution in [1.29, 1.82) is 0 Å². The van der Waals surface area contributed by atoms with E-state index in [1.54, 1.807) is 7.11 Å². The molecule has 1 heterocycles. The number of para-hydroxylation sites is 1. The molecule has 0 aromatic heterocycles. The molecular weight excluding hydrogens is 338 g/mol. The van der Waals surface area contributed by atoms with Crippen molar-refractivity contribution in [2.24, 2.45) is 0 Å². The van der Waals surface area contributed by atoms with E-state index < -0.39 is 0 Å². The second-order valence-electron chi connectivity index (χ2n) is 6.97. The van der Waals surface area contributed by atoms with Crippen molar-refractivity contribution in [3.05, 3.63) is 53.6 Å². The smallest absolute Gasteiger partial charge is 0.238 e. The second kappa shape index (κ2) is 8.91. The first-order chi connectivity index (χ1) is 13.1. The molecule has 2 aromatic rings. The molecule has 0 spiro atoms. The minimum absolute atomic E-state index is 0.0666. The Bertz CT molecular complexity index is 766. The molecule has 1 amide bonds. The van der Waals surface area contributed by atoms with Gasteiger partial charge in [-0.15, -0.1) is 0 Å². The highest BCUT2D eigenvalue weighted by Crippen LogP contribution is 2.22. The van der Waals surface area contributed by atoms with Crippen molar-refractivity contribution in [2.75, 3.05) is 50.1 Å². The quantitative estimate of drug-likeness (QED) is 0.851. The highest BCUT2D eigenvalue weighted by molar-refractivity contribution is 5.93. The number of carbonyl (C=O) groups excluding carboxylic acids is 1. The first-order valence-electron chi connectivity index (χ1n) is 9.60. The Morgan fingerprint density at radius 3 is 2.41 bits per heavy atom. The summed E-state index contributed by atoms with van der Waals surface area (Å²) in [7, 11) is 1.68. The maximum atomic E-state index is 12.5. The van der Waals surface area contributed by atoms with Crippen molar-refractivity contribution in [2.45, 2.75) is 20.3 Å². The van der Waals surface area contributed by atoms with Crippen LogP contribution in [0.25, 0.3) is 0 Å². The fraction of sp³-hybridized carbons (Fsp3) is 0.409. The molecule has 1 N–H and O–H groups in total. The zero-order valence-electron chi connectivity index (χ0n) is 16.5. The average molecular weight is 367 g/mol. The molecule has 27 heavy (non-hydrogen) atoms. The van der Waals surface area contributed by atoms with E-state index in [-0.39, 0.29) is 5.91 Å². The van der Waals surface area contributed by atoms with Crippen LogP contribution in [0.1, 0.15) is 18.1 Å². The van der Waals surface area contributed by atoms with Crippen LogP contribution in [-0.4, -0.2) is 50.6 Å². The first kappa shape index (κ1) is 19.2. The summed E-state index contributed by atoms with van der Waals surface area (Å²) in [6.07, 6.45) is 0.915. The maximum Gasteiger partial charge on any atom is 0.238 e. The van der Waals surface area contributed by atoms with E-state index in [2.05, 4.69) is 40.2 Å². The van der Waals surface area contributed by atoms with Gasteiger partial charge in [-0.3, -0.25) is 9.69 Å². The van der Waals surface area contributed by atoms with E-state index in [4.69, 9.17) is 4.74 Å². The minimum Gasteiger partial charge on any atom is -0.497 e. The number of nitrogens with one attached hydrogen (secondary N) is 1. The normalized spacial score (nSPS) is 14.9. The molecule has 0 atom stereocenters. The number of hydrogen-bond donors (Lipinski definition) is 1. The number of benzene rings is 2. The second-order valence-corrected chi connectivity index (χ2v) is 6.97. The van der Waals surface area contributed by atoms with Gasteiger partial charge in [0.05, 0.1) is 13.7 Å². The number of nitrogens with zero attached hydrogens (tertiary/aromatic N) is 2. The summed E-state index contributed by atoms with van der Waals surface area (Å²) < 4.78 is 5.22. The molecule has 0 bridgehead atoms. The molecule has 5 nitrogen and oxygen atoms in total. The van der Waals surface area contributed by atoms with Gasteiger partial charge in [0, 0.05) is 37.6 Å². The molecule has 0 saturated carbocycles. The van der Waals surface area contributed by atoms with Gasteiger partial charge in [0.2, 0.25) is 5.91 Å². The molecule has 1 saturated heterocycles. The van der Waals surface area contributed by atoms with Crippen LogP contribution in [0.15, 0.2) is 42.5 Å². The Morgan fingerprint density at radius 2 is 1.78 bits per heavy atom. The Kier molecular flexibility index (Phi) is 6.35. The molecule has 2 aromatic carbocycles. The van der Waals surface area contributed by atoms with Gasteiger partial charge in [-0.1, -0.05) is 25.1 Å².